The normalized spacial score (nSPS) is 15.6. The van der Waals surface area contributed by atoms with Crippen LogP contribution in [-0.4, -0.2) is 94.2 Å². The van der Waals surface area contributed by atoms with Gasteiger partial charge in [-0.3, -0.25) is 9.59 Å². The molecule has 0 bridgehead atoms. The smallest absolute Gasteiger partial charge is 0.383 e. The van der Waals surface area contributed by atoms with Crippen molar-refractivity contribution >= 4 is 40.7 Å². The van der Waals surface area contributed by atoms with E-state index >= 15 is 0 Å². The van der Waals surface area contributed by atoms with Gasteiger partial charge < -0.3 is 30.1 Å². The third-order valence-corrected chi connectivity index (χ3v) is 7.52. The summed E-state index contributed by atoms with van der Waals surface area (Å²) in [6.45, 7) is 4.15. The SMILES string of the molecule is COCC(C)NCc1cc(C(F)(F)F)ccc1N1CCN(C(=O)[C@@H](Cc2ccc(Cl)cc2Cl)NC(=O)CN(C)C)CC1. The van der Waals surface area contributed by atoms with Crippen LogP contribution in [0, 0.1) is 0 Å². The number of amides is 2. The van der Waals surface area contributed by atoms with Crippen LogP contribution >= 0.6 is 23.2 Å². The van der Waals surface area contributed by atoms with Crippen molar-refractivity contribution in [1.29, 1.82) is 0 Å². The van der Waals surface area contributed by atoms with E-state index in [0.29, 0.717) is 59.6 Å². The van der Waals surface area contributed by atoms with Crippen molar-refractivity contribution in [3.63, 3.8) is 0 Å². The molecule has 2 amide bonds. The molecule has 0 radical (unpaired) electrons. The summed E-state index contributed by atoms with van der Waals surface area (Å²) in [5.41, 5.74) is 1.15. The van der Waals surface area contributed by atoms with Gasteiger partial charge in [0, 0.05) is 68.0 Å². The Hall–Kier alpha value is -2.57. The van der Waals surface area contributed by atoms with Crippen molar-refractivity contribution in [2.24, 2.45) is 0 Å². The molecule has 2 N–H and O–H groups in total. The molecule has 2 aromatic rings. The molecule has 0 aromatic heterocycles. The van der Waals surface area contributed by atoms with Crippen LogP contribution in [0.2, 0.25) is 10.0 Å². The van der Waals surface area contributed by atoms with Crippen molar-refractivity contribution in [3.05, 3.63) is 63.1 Å². The third-order valence-electron chi connectivity index (χ3n) is 6.93. The summed E-state index contributed by atoms with van der Waals surface area (Å²) in [4.78, 5) is 31.7. The lowest BCUT2D eigenvalue weighted by Crippen LogP contribution is -2.56. The van der Waals surface area contributed by atoms with E-state index < -0.39 is 17.8 Å². The van der Waals surface area contributed by atoms with Gasteiger partial charge >= 0.3 is 6.18 Å². The molecular weight excluding hydrogens is 594 g/mol. The third kappa shape index (κ3) is 9.74. The number of nitrogens with one attached hydrogen (secondary N) is 2. The van der Waals surface area contributed by atoms with Crippen LogP contribution < -0.4 is 15.5 Å². The number of hydrogen-bond donors (Lipinski definition) is 2. The number of likely N-dealkylation sites (N-methyl/N-ethyl adjacent to an activating group) is 1. The summed E-state index contributed by atoms with van der Waals surface area (Å²) in [7, 11) is 5.08. The number of halogens is 5. The minimum atomic E-state index is -4.46. The quantitative estimate of drug-likeness (QED) is 0.368. The van der Waals surface area contributed by atoms with E-state index in [9.17, 15) is 22.8 Å². The first-order valence-corrected chi connectivity index (χ1v) is 14.4. The highest BCUT2D eigenvalue weighted by molar-refractivity contribution is 6.35. The van der Waals surface area contributed by atoms with Gasteiger partial charge in [0.2, 0.25) is 11.8 Å². The highest BCUT2D eigenvalue weighted by Crippen LogP contribution is 2.33. The van der Waals surface area contributed by atoms with Gasteiger partial charge in [0.05, 0.1) is 18.7 Å². The predicted octanol–water partition coefficient (Wildman–Crippen LogP) is 4.07. The summed E-state index contributed by atoms with van der Waals surface area (Å²) in [6.07, 6.45) is -4.28. The van der Waals surface area contributed by atoms with Gasteiger partial charge in [-0.1, -0.05) is 29.3 Å². The highest BCUT2D eigenvalue weighted by Gasteiger charge is 2.33. The number of carbonyl (C=O) groups excluding carboxylic acids is 2. The first-order chi connectivity index (χ1) is 19.8. The second kappa shape index (κ2) is 15.2. The lowest BCUT2D eigenvalue weighted by molar-refractivity contribution is -0.137. The Bertz CT molecular complexity index is 1220. The zero-order valence-electron chi connectivity index (χ0n) is 24.2. The van der Waals surface area contributed by atoms with Gasteiger partial charge in [0.25, 0.3) is 0 Å². The van der Waals surface area contributed by atoms with Crippen LogP contribution in [-0.2, 0) is 33.5 Å². The van der Waals surface area contributed by atoms with E-state index in [4.69, 9.17) is 27.9 Å². The number of ether oxygens (including phenoxy) is 1. The van der Waals surface area contributed by atoms with E-state index in [2.05, 4.69) is 10.6 Å². The van der Waals surface area contributed by atoms with Gasteiger partial charge in [-0.15, -0.1) is 0 Å². The number of alkyl halides is 3. The van der Waals surface area contributed by atoms with Crippen LogP contribution in [0.25, 0.3) is 0 Å². The van der Waals surface area contributed by atoms with Crippen molar-refractivity contribution in [1.82, 2.24) is 20.4 Å². The van der Waals surface area contributed by atoms with E-state index in [1.54, 1.807) is 49.2 Å². The lowest BCUT2D eigenvalue weighted by Gasteiger charge is -2.38. The zero-order valence-corrected chi connectivity index (χ0v) is 25.7. The fraction of sp³-hybridized carbons (Fsp3) is 0.517. The molecule has 0 aliphatic carbocycles. The molecule has 3 rings (SSSR count). The summed E-state index contributed by atoms with van der Waals surface area (Å²) in [5.74, 6) is -0.554. The molecule has 1 saturated heterocycles. The second-order valence-electron chi connectivity index (χ2n) is 10.7. The highest BCUT2D eigenvalue weighted by atomic mass is 35.5. The average Bonchev–Trinajstić information content (AvgIpc) is 2.91. The Labute approximate surface area is 255 Å². The Kier molecular flexibility index (Phi) is 12.3. The number of benzene rings is 2. The molecule has 2 atom stereocenters. The Morgan fingerprint density at radius 3 is 2.33 bits per heavy atom. The predicted molar refractivity (Wildman–Crippen MR) is 159 cm³/mol. The number of anilines is 1. The molecule has 1 aliphatic heterocycles. The maximum atomic E-state index is 13.7. The van der Waals surface area contributed by atoms with Crippen LogP contribution in [0.4, 0.5) is 18.9 Å². The van der Waals surface area contributed by atoms with E-state index in [0.717, 1.165) is 6.07 Å². The number of hydrogen-bond acceptors (Lipinski definition) is 6. The average molecular weight is 633 g/mol. The summed E-state index contributed by atoms with van der Waals surface area (Å²) in [5, 5.41) is 6.92. The van der Waals surface area contributed by atoms with E-state index in [1.807, 2.05) is 11.8 Å². The fourth-order valence-corrected chi connectivity index (χ4v) is 5.31. The van der Waals surface area contributed by atoms with Crippen molar-refractivity contribution in [3.8, 4) is 0 Å². The molecule has 1 fully saturated rings. The molecule has 8 nitrogen and oxygen atoms in total. The number of carbonyl (C=O) groups is 2. The molecule has 1 unspecified atom stereocenters. The van der Waals surface area contributed by atoms with Crippen molar-refractivity contribution in [2.75, 3.05) is 65.4 Å². The molecule has 0 spiro atoms. The maximum Gasteiger partial charge on any atom is 0.416 e. The molecule has 1 aliphatic rings. The van der Waals surface area contributed by atoms with Crippen molar-refractivity contribution < 1.29 is 27.5 Å². The monoisotopic (exact) mass is 631 g/mol. The van der Waals surface area contributed by atoms with Gasteiger partial charge in [0.15, 0.2) is 0 Å². The van der Waals surface area contributed by atoms with Gasteiger partial charge in [-0.05, 0) is 62.5 Å². The van der Waals surface area contributed by atoms with Crippen LogP contribution in [0.1, 0.15) is 23.6 Å². The molecule has 1 heterocycles. The van der Waals surface area contributed by atoms with Crippen LogP contribution in [0.3, 0.4) is 0 Å². The van der Waals surface area contributed by atoms with Gasteiger partial charge in [-0.25, -0.2) is 0 Å². The lowest BCUT2D eigenvalue weighted by atomic mass is 10.0. The van der Waals surface area contributed by atoms with Crippen LogP contribution in [0.5, 0.6) is 0 Å². The first kappa shape index (κ1) is 33.9. The molecule has 232 valence electrons. The Balaban J connectivity index is 1.76. The standard InChI is InChI=1S/C29H38Cl2F3N5O3/c1-19(18-42-4)35-16-21-13-22(29(32,33)34)6-8-26(21)38-9-11-39(12-10-38)28(41)25(36-27(40)17-37(2)3)14-20-5-7-23(30)15-24(20)31/h5-8,13,15,19,25,35H,9-12,14,16-18H2,1-4H3,(H,36,40)/t19?,25-/m1/s1. The first-order valence-electron chi connectivity index (χ1n) is 13.6. The summed E-state index contributed by atoms with van der Waals surface area (Å²) < 4.78 is 45.6. The van der Waals surface area contributed by atoms with Crippen molar-refractivity contribution in [2.45, 2.75) is 38.1 Å². The molecule has 13 heteroatoms. The molecule has 42 heavy (non-hydrogen) atoms. The largest absolute Gasteiger partial charge is 0.416 e. The fourth-order valence-electron chi connectivity index (χ4n) is 4.83. The number of nitrogens with zero attached hydrogens (tertiary/aromatic N) is 3. The zero-order chi connectivity index (χ0) is 31.0. The van der Waals surface area contributed by atoms with Gasteiger partial charge in [-0.2, -0.15) is 13.2 Å². The topological polar surface area (TPSA) is 77.1 Å². The molecular formula is C29H38Cl2F3N5O3. The van der Waals surface area contributed by atoms with Gasteiger partial charge in [0.1, 0.15) is 6.04 Å². The second-order valence-corrected chi connectivity index (χ2v) is 11.5. The molecule has 0 saturated carbocycles. The summed E-state index contributed by atoms with van der Waals surface area (Å²) >= 11 is 12.4. The number of rotatable bonds is 12. The number of piperazine rings is 1. The van der Waals surface area contributed by atoms with E-state index in [-0.39, 0.29) is 37.4 Å². The molecule has 2 aromatic carbocycles. The van der Waals surface area contributed by atoms with E-state index in [1.165, 1.54) is 12.1 Å². The Morgan fingerprint density at radius 1 is 1.05 bits per heavy atom. The maximum absolute atomic E-state index is 13.7. The minimum Gasteiger partial charge on any atom is -0.383 e. The summed E-state index contributed by atoms with van der Waals surface area (Å²) in [6, 6.07) is 7.84. The van der Waals surface area contributed by atoms with Crippen LogP contribution in [0.15, 0.2) is 36.4 Å². The minimum absolute atomic E-state index is 0.0550. The Morgan fingerprint density at radius 2 is 1.74 bits per heavy atom. The number of methoxy groups -OCH3 is 1.